The number of hydrogen-bond donors (Lipinski definition) is 1. The molecule has 0 fully saturated rings. The van der Waals surface area contributed by atoms with E-state index in [2.05, 4.69) is 26.3 Å². The highest BCUT2D eigenvalue weighted by Gasteiger charge is 2.13. The minimum absolute atomic E-state index is 0.0340. The van der Waals surface area contributed by atoms with Gasteiger partial charge in [0.15, 0.2) is 11.6 Å². The third-order valence-corrected chi connectivity index (χ3v) is 4.56. The van der Waals surface area contributed by atoms with Gasteiger partial charge >= 0.3 is 0 Å². The van der Waals surface area contributed by atoms with Gasteiger partial charge in [0.1, 0.15) is 17.3 Å². The lowest BCUT2D eigenvalue weighted by Gasteiger charge is -2.07. The highest BCUT2D eigenvalue weighted by Crippen LogP contribution is 2.28. The largest absolute Gasteiger partial charge is 0.508 e. The van der Waals surface area contributed by atoms with Crippen LogP contribution in [0.25, 0.3) is 17.2 Å². The topological polar surface area (TPSA) is 29.5 Å². The molecule has 0 amide bonds. The van der Waals surface area contributed by atoms with Gasteiger partial charge in [-0.1, -0.05) is 74.9 Å². The lowest BCUT2D eigenvalue weighted by Crippen LogP contribution is -1.93. The number of halogens is 3. The fourth-order valence-electron chi connectivity index (χ4n) is 2.73. The van der Waals surface area contributed by atoms with Gasteiger partial charge in [-0.05, 0) is 35.8 Å². The van der Waals surface area contributed by atoms with Crippen molar-refractivity contribution in [3.63, 3.8) is 0 Å². The van der Waals surface area contributed by atoms with Crippen molar-refractivity contribution in [1.29, 1.82) is 0 Å². The maximum atomic E-state index is 14.5. The van der Waals surface area contributed by atoms with Gasteiger partial charge in [0.2, 0.25) is 0 Å². The monoisotopic (exact) mass is 450 g/mol. The molecule has 5 heteroatoms. The van der Waals surface area contributed by atoms with Crippen molar-refractivity contribution in [2.24, 2.45) is 0 Å². The molecule has 0 saturated heterocycles. The minimum Gasteiger partial charge on any atom is -0.508 e. The number of benzene rings is 2. The van der Waals surface area contributed by atoms with Crippen molar-refractivity contribution in [3.05, 3.63) is 133 Å². The first-order valence-electron chi connectivity index (χ1n) is 10.0. The zero-order valence-electron chi connectivity index (χ0n) is 18.4. The van der Waals surface area contributed by atoms with Gasteiger partial charge < -0.3 is 9.84 Å². The van der Waals surface area contributed by atoms with E-state index < -0.39 is 17.5 Å². The first-order valence-corrected chi connectivity index (χ1v) is 10.0. The first-order chi connectivity index (χ1) is 15.6. The Balaban J connectivity index is 2.09. The summed E-state index contributed by atoms with van der Waals surface area (Å²) in [4.78, 5) is 0. The van der Waals surface area contributed by atoms with Crippen molar-refractivity contribution < 1.29 is 23.0 Å². The molecule has 2 aromatic carbocycles. The highest BCUT2D eigenvalue weighted by atomic mass is 19.2. The van der Waals surface area contributed by atoms with E-state index in [0.717, 1.165) is 6.08 Å². The zero-order chi connectivity index (χ0) is 24.5. The Kier molecular flexibility index (Phi) is 8.87. The van der Waals surface area contributed by atoms with Crippen molar-refractivity contribution in [3.8, 4) is 16.9 Å². The standard InChI is InChI=1S/C28H25F3O2/c1-6-33-20(4)17-26(29)21(5)19(3)9-7-18(2)8-10-23-13-16-25(28(31)27(23)30)22-11-14-24(32)15-12-22/h7-17,32H,2-6H2,1H3/b9-7-,10-8+,26-17+. The molecule has 0 bridgehead atoms. The Morgan fingerprint density at radius 2 is 1.61 bits per heavy atom. The molecule has 0 aliphatic heterocycles. The molecule has 0 spiro atoms. The molecule has 2 aromatic rings. The molecule has 0 aliphatic rings. The number of ether oxygens (including phenoxy) is 1. The molecule has 170 valence electrons. The third kappa shape index (κ3) is 7.01. The normalized spacial score (nSPS) is 11.7. The van der Waals surface area contributed by atoms with E-state index in [0.29, 0.717) is 23.3 Å². The van der Waals surface area contributed by atoms with E-state index in [1.54, 1.807) is 13.0 Å². The van der Waals surface area contributed by atoms with E-state index in [4.69, 9.17) is 4.74 Å². The van der Waals surface area contributed by atoms with E-state index in [1.807, 2.05) is 0 Å². The molecule has 0 aromatic heterocycles. The molecule has 0 saturated carbocycles. The van der Waals surface area contributed by atoms with Crippen LogP contribution in [-0.4, -0.2) is 11.7 Å². The minimum atomic E-state index is -1.01. The van der Waals surface area contributed by atoms with Gasteiger partial charge in [-0.15, -0.1) is 0 Å². The summed E-state index contributed by atoms with van der Waals surface area (Å²) < 4.78 is 48.3. The Morgan fingerprint density at radius 3 is 2.24 bits per heavy atom. The molecule has 2 nitrogen and oxygen atoms in total. The van der Waals surface area contributed by atoms with Crippen LogP contribution in [0.5, 0.6) is 5.75 Å². The predicted molar refractivity (Wildman–Crippen MR) is 129 cm³/mol. The number of phenolic OH excluding ortho intramolecular Hbond substituents is 1. The summed E-state index contributed by atoms with van der Waals surface area (Å²) in [7, 11) is 0. The Morgan fingerprint density at radius 1 is 0.939 bits per heavy atom. The molecular formula is C28H25F3O2. The van der Waals surface area contributed by atoms with Crippen LogP contribution in [0.2, 0.25) is 0 Å². The molecule has 1 N–H and O–H groups in total. The first kappa shape index (κ1) is 25.3. The fourth-order valence-corrected chi connectivity index (χ4v) is 2.73. The summed E-state index contributed by atoms with van der Waals surface area (Å²) in [6, 6.07) is 8.70. The number of allylic oxidation sites excluding steroid dienone is 8. The van der Waals surface area contributed by atoms with Crippen LogP contribution in [0, 0.1) is 11.6 Å². The van der Waals surface area contributed by atoms with Gasteiger partial charge in [0.25, 0.3) is 0 Å². The fraction of sp³-hybridized carbons (Fsp3) is 0.0714. The van der Waals surface area contributed by atoms with E-state index in [1.165, 1.54) is 54.6 Å². The second-order valence-corrected chi connectivity index (χ2v) is 7.01. The van der Waals surface area contributed by atoms with Gasteiger partial charge in [-0.25, -0.2) is 13.2 Å². The maximum Gasteiger partial charge on any atom is 0.167 e. The average Bonchev–Trinajstić information content (AvgIpc) is 2.78. The Hall–Kier alpha value is -3.99. The SMILES string of the molecule is C=C(/C=C\C(=C)C(=C)/C(F)=C\C(=C)OCC)/C=C/c1ccc(-c2ccc(O)cc2)c(F)c1F. The molecule has 0 heterocycles. The molecule has 0 atom stereocenters. The van der Waals surface area contributed by atoms with Crippen LogP contribution >= 0.6 is 0 Å². The second kappa shape index (κ2) is 11.6. The molecule has 33 heavy (non-hydrogen) atoms. The van der Waals surface area contributed by atoms with Gasteiger partial charge in [-0.3, -0.25) is 0 Å². The summed E-state index contributed by atoms with van der Waals surface area (Å²) in [5.41, 5.74) is 1.38. The smallest absolute Gasteiger partial charge is 0.167 e. The number of aromatic hydroxyl groups is 1. The van der Waals surface area contributed by atoms with Gasteiger partial charge in [0.05, 0.1) is 6.61 Å². The molecule has 2 rings (SSSR count). The summed E-state index contributed by atoms with van der Waals surface area (Å²) in [5, 5.41) is 9.35. The van der Waals surface area contributed by atoms with Gasteiger partial charge in [-0.2, -0.15) is 0 Å². The number of rotatable bonds is 10. The van der Waals surface area contributed by atoms with Crippen LogP contribution in [0.4, 0.5) is 13.2 Å². The summed E-state index contributed by atoms with van der Waals surface area (Å²) in [6.45, 7) is 16.9. The quantitative estimate of drug-likeness (QED) is 0.294. The Labute approximate surface area is 192 Å². The third-order valence-electron chi connectivity index (χ3n) is 4.56. The van der Waals surface area contributed by atoms with E-state index in [-0.39, 0.29) is 28.2 Å². The average molecular weight is 451 g/mol. The summed E-state index contributed by atoms with van der Waals surface area (Å²) in [5.74, 6) is -2.43. The summed E-state index contributed by atoms with van der Waals surface area (Å²) >= 11 is 0. The van der Waals surface area contributed by atoms with Crippen LogP contribution in [0.15, 0.2) is 115 Å². The maximum absolute atomic E-state index is 14.5. The van der Waals surface area contributed by atoms with E-state index >= 15 is 0 Å². The zero-order valence-corrected chi connectivity index (χ0v) is 18.4. The molecule has 0 aliphatic carbocycles. The molecule has 0 unspecified atom stereocenters. The van der Waals surface area contributed by atoms with Crippen LogP contribution in [-0.2, 0) is 4.74 Å². The Bertz CT molecular complexity index is 1170. The lowest BCUT2D eigenvalue weighted by atomic mass is 10.0. The van der Waals surface area contributed by atoms with Crippen LogP contribution in [0.1, 0.15) is 12.5 Å². The van der Waals surface area contributed by atoms with Gasteiger partial charge in [0, 0.05) is 22.8 Å². The second-order valence-electron chi connectivity index (χ2n) is 7.01. The van der Waals surface area contributed by atoms with E-state index in [9.17, 15) is 18.3 Å². The van der Waals surface area contributed by atoms with Crippen LogP contribution < -0.4 is 0 Å². The number of hydrogen-bond acceptors (Lipinski definition) is 2. The van der Waals surface area contributed by atoms with Crippen LogP contribution in [0.3, 0.4) is 0 Å². The molecular weight excluding hydrogens is 425 g/mol. The lowest BCUT2D eigenvalue weighted by molar-refractivity contribution is 0.243. The van der Waals surface area contributed by atoms with Crippen molar-refractivity contribution >= 4 is 6.08 Å². The predicted octanol–water partition coefficient (Wildman–Crippen LogP) is 7.98. The highest BCUT2D eigenvalue weighted by molar-refractivity contribution is 5.68. The number of phenols is 1. The van der Waals surface area contributed by atoms with Crippen molar-refractivity contribution in [1.82, 2.24) is 0 Å². The molecule has 0 radical (unpaired) electrons. The summed E-state index contributed by atoms with van der Waals surface area (Å²) in [6.07, 6.45) is 7.06. The van der Waals surface area contributed by atoms with Crippen molar-refractivity contribution in [2.75, 3.05) is 6.61 Å². The van der Waals surface area contributed by atoms with Crippen molar-refractivity contribution in [2.45, 2.75) is 6.92 Å².